The molecule has 0 aliphatic carbocycles. The second-order valence-electron chi connectivity index (χ2n) is 4.19. The summed E-state index contributed by atoms with van der Waals surface area (Å²) in [5.74, 6) is -0.298. The summed E-state index contributed by atoms with van der Waals surface area (Å²) in [6.07, 6.45) is 1.73. The molecule has 0 amide bonds. The Balaban J connectivity index is 2.11. The summed E-state index contributed by atoms with van der Waals surface area (Å²) in [5, 5.41) is 7.29. The van der Waals surface area contributed by atoms with Gasteiger partial charge in [-0.1, -0.05) is 30.3 Å². The van der Waals surface area contributed by atoms with E-state index in [-0.39, 0.29) is 5.97 Å². The Labute approximate surface area is 112 Å². The van der Waals surface area contributed by atoms with Gasteiger partial charge in [-0.2, -0.15) is 5.10 Å². The van der Waals surface area contributed by atoms with Gasteiger partial charge in [-0.15, -0.1) is 0 Å². The van der Waals surface area contributed by atoms with Crippen molar-refractivity contribution in [3.05, 3.63) is 53.9 Å². The van der Waals surface area contributed by atoms with E-state index in [1.54, 1.807) is 10.9 Å². The SMILES string of the molecule is COC(=O)C(NCc1ccnn1C)c1ccccc1. The van der Waals surface area contributed by atoms with Gasteiger partial charge in [0.1, 0.15) is 6.04 Å². The standard InChI is InChI=1S/C14H17N3O2/c1-17-12(8-9-16-17)10-15-13(14(18)19-2)11-6-4-3-5-7-11/h3-9,13,15H,10H2,1-2H3. The average Bonchev–Trinajstić information content (AvgIpc) is 2.85. The first-order valence-corrected chi connectivity index (χ1v) is 6.05. The number of nitrogens with one attached hydrogen (secondary N) is 1. The largest absolute Gasteiger partial charge is 0.468 e. The molecular weight excluding hydrogens is 242 g/mol. The molecule has 0 fully saturated rings. The molecule has 0 radical (unpaired) electrons. The normalized spacial score (nSPS) is 12.1. The number of esters is 1. The highest BCUT2D eigenvalue weighted by Gasteiger charge is 2.20. The Bertz CT molecular complexity index is 537. The van der Waals surface area contributed by atoms with E-state index in [1.807, 2.05) is 43.4 Å². The van der Waals surface area contributed by atoms with Crippen LogP contribution in [-0.2, 0) is 23.1 Å². The number of aryl methyl sites for hydroxylation is 1. The van der Waals surface area contributed by atoms with Crippen LogP contribution >= 0.6 is 0 Å². The Morgan fingerprint density at radius 2 is 2.11 bits per heavy atom. The van der Waals surface area contributed by atoms with Gasteiger partial charge in [-0.25, -0.2) is 4.79 Å². The minimum atomic E-state index is -0.471. The lowest BCUT2D eigenvalue weighted by atomic mass is 10.1. The lowest BCUT2D eigenvalue weighted by Crippen LogP contribution is -2.29. The molecule has 0 saturated carbocycles. The van der Waals surface area contributed by atoms with Crippen LogP contribution in [0.15, 0.2) is 42.6 Å². The molecule has 5 nitrogen and oxygen atoms in total. The van der Waals surface area contributed by atoms with Gasteiger partial charge in [0.05, 0.1) is 12.8 Å². The fourth-order valence-corrected chi connectivity index (χ4v) is 1.88. The smallest absolute Gasteiger partial charge is 0.327 e. The highest BCUT2D eigenvalue weighted by molar-refractivity contribution is 5.77. The van der Waals surface area contributed by atoms with Gasteiger partial charge < -0.3 is 4.74 Å². The predicted molar refractivity (Wildman–Crippen MR) is 71.2 cm³/mol. The van der Waals surface area contributed by atoms with Crippen molar-refractivity contribution in [3.8, 4) is 0 Å². The molecule has 1 atom stereocenters. The van der Waals surface area contributed by atoms with E-state index in [0.29, 0.717) is 6.54 Å². The van der Waals surface area contributed by atoms with E-state index in [4.69, 9.17) is 4.74 Å². The highest BCUT2D eigenvalue weighted by atomic mass is 16.5. The van der Waals surface area contributed by atoms with E-state index in [1.165, 1.54) is 7.11 Å². The Kier molecular flexibility index (Phi) is 4.30. The monoisotopic (exact) mass is 259 g/mol. The van der Waals surface area contributed by atoms with Crippen molar-refractivity contribution in [2.24, 2.45) is 7.05 Å². The molecule has 5 heteroatoms. The molecule has 2 aromatic rings. The minimum Gasteiger partial charge on any atom is -0.468 e. The molecule has 0 aliphatic rings. The number of methoxy groups -OCH3 is 1. The highest BCUT2D eigenvalue weighted by Crippen LogP contribution is 2.14. The van der Waals surface area contributed by atoms with Crippen LogP contribution in [0.25, 0.3) is 0 Å². The number of rotatable bonds is 5. The number of benzene rings is 1. The first kappa shape index (κ1) is 13.3. The summed E-state index contributed by atoms with van der Waals surface area (Å²) >= 11 is 0. The molecule has 100 valence electrons. The summed E-state index contributed by atoms with van der Waals surface area (Å²) in [6, 6.07) is 11.0. The van der Waals surface area contributed by atoms with Gasteiger partial charge in [0, 0.05) is 19.8 Å². The van der Waals surface area contributed by atoms with Crippen LogP contribution in [0.5, 0.6) is 0 Å². The maximum atomic E-state index is 11.8. The Hall–Kier alpha value is -2.14. The third-order valence-electron chi connectivity index (χ3n) is 2.98. The van der Waals surface area contributed by atoms with Crippen LogP contribution in [0.2, 0.25) is 0 Å². The van der Waals surface area contributed by atoms with Gasteiger partial charge >= 0.3 is 5.97 Å². The summed E-state index contributed by atoms with van der Waals surface area (Å²) in [5.41, 5.74) is 1.89. The molecule has 1 heterocycles. The number of aromatic nitrogens is 2. The van der Waals surface area contributed by atoms with Crippen LogP contribution in [0, 0.1) is 0 Å². The van der Waals surface area contributed by atoms with E-state index >= 15 is 0 Å². The van der Waals surface area contributed by atoms with E-state index in [9.17, 15) is 4.79 Å². The number of carbonyl (C=O) groups is 1. The van der Waals surface area contributed by atoms with Gasteiger partial charge in [0.2, 0.25) is 0 Å². The summed E-state index contributed by atoms with van der Waals surface area (Å²) in [6.45, 7) is 0.547. The number of carbonyl (C=O) groups excluding carboxylic acids is 1. The maximum Gasteiger partial charge on any atom is 0.327 e. The average molecular weight is 259 g/mol. The second-order valence-corrected chi connectivity index (χ2v) is 4.19. The quantitative estimate of drug-likeness (QED) is 0.825. The Morgan fingerprint density at radius 3 is 2.68 bits per heavy atom. The molecule has 0 saturated heterocycles. The molecule has 1 unspecified atom stereocenters. The van der Waals surface area contributed by atoms with E-state index < -0.39 is 6.04 Å². The molecular formula is C14H17N3O2. The molecule has 0 spiro atoms. The Morgan fingerprint density at radius 1 is 1.37 bits per heavy atom. The zero-order valence-electron chi connectivity index (χ0n) is 11.0. The lowest BCUT2D eigenvalue weighted by molar-refractivity contribution is -0.143. The maximum absolute atomic E-state index is 11.8. The zero-order chi connectivity index (χ0) is 13.7. The van der Waals surface area contributed by atoms with Crippen molar-refractivity contribution in [1.29, 1.82) is 0 Å². The topological polar surface area (TPSA) is 56.1 Å². The van der Waals surface area contributed by atoms with E-state index in [0.717, 1.165) is 11.3 Å². The van der Waals surface area contributed by atoms with Crippen molar-refractivity contribution in [3.63, 3.8) is 0 Å². The molecule has 2 rings (SSSR count). The van der Waals surface area contributed by atoms with Crippen molar-refractivity contribution in [2.75, 3.05) is 7.11 Å². The molecule has 19 heavy (non-hydrogen) atoms. The fraction of sp³-hybridized carbons (Fsp3) is 0.286. The van der Waals surface area contributed by atoms with Crippen LogP contribution < -0.4 is 5.32 Å². The van der Waals surface area contributed by atoms with Gasteiger partial charge in [-0.3, -0.25) is 10.00 Å². The third kappa shape index (κ3) is 3.20. The molecule has 0 aliphatic heterocycles. The number of hydrogen-bond acceptors (Lipinski definition) is 4. The first-order chi connectivity index (χ1) is 9.22. The summed E-state index contributed by atoms with van der Waals surface area (Å²) < 4.78 is 6.61. The number of nitrogens with zero attached hydrogens (tertiary/aromatic N) is 2. The van der Waals surface area contributed by atoms with Crippen molar-refractivity contribution >= 4 is 5.97 Å². The van der Waals surface area contributed by atoms with Crippen molar-refractivity contribution in [2.45, 2.75) is 12.6 Å². The fourth-order valence-electron chi connectivity index (χ4n) is 1.88. The minimum absolute atomic E-state index is 0.298. The molecule has 1 N–H and O–H groups in total. The second kappa shape index (κ2) is 6.15. The molecule has 0 bridgehead atoms. The first-order valence-electron chi connectivity index (χ1n) is 6.05. The van der Waals surface area contributed by atoms with Gasteiger partial charge in [0.25, 0.3) is 0 Å². The van der Waals surface area contributed by atoms with Crippen molar-refractivity contribution in [1.82, 2.24) is 15.1 Å². The summed E-state index contributed by atoms with van der Waals surface area (Å²) in [4.78, 5) is 11.8. The van der Waals surface area contributed by atoms with Crippen LogP contribution in [0.4, 0.5) is 0 Å². The molecule has 1 aromatic heterocycles. The van der Waals surface area contributed by atoms with Crippen LogP contribution in [0.1, 0.15) is 17.3 Å². The summed E-state index contributed by atoms with van der Waals surface area (Å²) in [7, 11) is 3.26. The van der Waals surface area contributed by atoms with Crippen LogP contribution in [-0.4, -0.2) is 22.9 Å². The number of hydrogen-bond donors (Lipinski definition) is 1. The van der Waals surface area contributed by atoms with Crippen LogP contribution in [0.3, 0.4) is 0 Å². The van der Waals surface area contributed by atoms with Gasteiger partial charge in [0.15, 0.2) is 0 Å². The van der Waals surface area contributed by atoms with E-state index in [2.05, 4.69) is 10.4 Å². The van der Waals surface area contributed by atoms with Crippen molar-refractivity contribution < 1.29 is 9.53 Å². The zero-order valence-corrected chi connectivity index (χ0v) is 11.0. The molecule has 1 aromatic carbocycles. The third-order valence-corrected chi connectivity index (χ3v) is 2.98. The van der Waals surface area contributed by atoms with Gasteiger partial charge in [-0.05, 0) is 11.6 Å². The number of ether oxygens (including phenoxy) is 1. The lowest BCUT2D eigenvalue weighted by Gasteiger charge is -2.16. The predicted octanol–water partition coefficient (Wildman–Crippen LogP) is 1.42.